The van der Waals surface area contributed by atoms with E-state index in [0.29, 0.717) is 0 Å². The van der Waals surface area contributed by atoms with Gasteiger partial charge in [0.05, 0.1) is 6.04 Å². The zero-order valence-electron chi connectivity index (χ0n) is 9.02. The molecule has 1 aromatic rings. The molecular formula is C12H16N2O. The van der Waals surface area contributed by atoms with E-state index in [4.69, 9.17) is 0 Å². The lowest BCUT2D eigenvalue weighted by molar-refractivity contribution is -0.129. The Bertz CT molecular complexity index is 381. The zero-order valence-corrected chi connectivity index (χ0v) is 9.02. The summed E-state index contributed by atoms with van der Waals surface area (Å²) in [6.07, 6.45) is 4.43. The maximum atomic E-state index is 11.7. The summed E-state index contributed by atoms with van der Waals surface area (Å²) in [4.78, 5) is 13.6. The molecule has 1 atom stereocenters. The number of carbonyl (C=O) groups excluding carboxylic acids is 1. The van der Waals surface area contributed by atoms with E-state index in [1.165, 1.54) is 11.8 Å². The monoisotopic (exact) mass is 204 g/mol. The second-order valence-electron chi connectivity index (χ2n) is 3.79. The molecule has 0 spiro atoms. The number of rotatable bonds is 2. The first-order valence-corrected chi connectivity index (χ1v) is 5.36. The second kappa shape index (κ2) is 3.93. The van der Waals surface area contributed by atoms with Gasteiger partial charge in [0.1, 0.15) is 0 Å². The van der Waals surface area contributed by atoms with Gasteiger partial charge in [0.25, 0.3) is 0 Å². The summed E-state index contributed by atoms with van der Waals surface area (Å²) >= 11 is 0. The van der Waals surface area contributed by atoms with E-state index < -0.39 is 0 Å². The van der Waals surface area contributed by atoms with Crippen LogP contribution in [0.15, 0.2) is 31.0 Å². The molecule has 0 saturated heterocycles. The fourth-order valence-corrected chi connectivity index (χ4v) is 2.27. The Hall–Kier alpha value is -1.51. The number of hydrogen-bond donors (Lipinski definition) is 0. The van der Waals surface area contributed by atoms with Gasteiger partial charge in [-0.2, -0.15) is 0 Å². The van der Waals surface area contributed by atoms with E-state index in [1.54, 1.807) is 0 Å². The number of amides is 1. The minimum absolute atomic E-state index is 0.0364. The fourth-order valence-electron chi connectivity index (χ4n) is 2.27. The highest BCUT2D eigenvalue weighted by molar-refractivity contribution is 5.87. The van der Waals surface area contributed by atoms with Crippen LogP contribution in [-0.4, -0.2) is 21.9 Å². The van der Waals surface area contributed by atoms with Gasteiger partial charge in [0, 0.05) is 25.0 Å². The van der Waals surface area contributed by atoms with Crippen molar-refractivity contribution in [2.75, 3.05) is 6.54 Å². The van der Waals surface area contributed by atoms with Gasteiger partial charge in [-0.25, -0.2) is 0 Å². The Labute approximate surface area is 90.0 Å². The van der Waals surface area contributed by atoms with E-state index in [1.807, 2.05) is 11.0 Å². The summed E-state index contributed by atoms with van der Waals surface area (Å²) in [5.41, 5.74) is 1.24. The van der Waals surface area contributed by atoms with Crippen LogP contribution >= 0.6 is 0 Å². The molecule has 1 aromatic heterocycles. The number of hydrogen-bond acceptors (Lipinski definition) is 1. The summed E-state index contributed by atoms with van der Waals surface area (Å²) in [5.74, 6) is 0.0364. The molecule has 3 heteroatoms. The Morgan fingerprint density at radius 2 is 2.47 bits per heavy atom. The first kappa shape index (κ1) is 10.0. The third kappa shape index (κ3) is 1.58. The molecule has 0 N–H and O–H groups in total. The van der Waals surface area contributed by atoms with Crippen molar-refractivity contribution in [3.8, 4) is 0 Å². The molecule has 1 aliphatic rings. The largest absolute Gasteiger partial charge is 0.348 e. The van der Waals surface area contributed by atoms with Crippen LogP contribution in [0, 0.1) is 0 Å². The Kier molecular flexibility index (Phi) is 2.62. The molecule has 0 aromatic carbocycles. The molecule has 2 heterocycles. The topological polar surface area (TPSA) is 25.2 Å². The normalized spacial score (nSPS) is 19.8. The zero-order chi connectivity index (χ0) is 10.8. The molecule has 2 rings (SSSR count). The van der Waals surface area contributed by atoms with Crippen molar-refractivity contribution in [3.63, 3.8) is 0 Å². The lowest BCUT2D eigenvalue weighted by Crippen LogP contribution is -2.40. The van der Waals surface area contributed by atoms with Crippen molar-refractivity contribution in [1.29, 1.82) is 0 Å². The third-order valence-corrected chi connectivity index (χ3v) is 3.01. The van der Waals surface area contributed by atoms with Crippen LogP contribution in [0.5, 0.6) is 0 Å². The molecule has 1 aliphatic heterocycles. The molecule has 1 amide bonds. The lowest BCUT2D eigenvalue weighted by Gasteiger charge is -2.35. The second-order valence-corrected chi connectivity index (χ2v) is 3.79. The predicted molar refractivity (Wildman–Crippen MR) is 59.4 cm³/mol. The molecular weight excluding hydrogens is 188 g/mol. The summed E-state index contributed by atoms with van der Waals surface area (Å²) in [7, 11) is 0. The molecule has 15 heavy (non-hydrogen) atoms. The Morgan fingerprint density at radius 3 is 3.13 bits per heavy atom. The summed E-state index contributed by atoms with van der Waals surface area (Å²) < 4.78 is 2.22. The van der Waals surface area contributed by atoms with E-state index in [0.717, 1.165) is 19.5 Å². The standard InChI is InChI=1S/C12H16N2O/c1-3-10-11-6-5-7-13(11)8-9-14(10)12(15)4-2/h4-7,10H,2-3,8-9H2,1H3. The van der Waals surface area contributed by atoms with Crippen LogP contribution in [0.4, 0.5) is 0 Å². The average molecular weight is 204 g/mol. The van der Waals surface area contributed by atoms with Gasteiger partial charge < -0.3 is 9.47 Å². The predicted octanol–water partition coefficient (Wildman–Crippen LogP) is 1.97. The first-order valence-electron chi connectivity index (χ1n) is 5.36. The summed E-state index contributed by atoms with van der Waals surface area (Å²) in [6, 6.07) is 4.34. The van der Waals surface area contributed by atoms with Crippen LogP contribution in [0.2, 0.25) is 0 Å². The summed E-state index contributed by atoms with van der Waals surface area (Å²) in [5, 5.41) is 0. The first-order chi connectivity index (χ1) is 7.27. The minimum atomic E-state index is 0.0364. The van der Waals surface area contributed by atoms with Gasteiger partial charge in [-0.05, 0) is 24.6 Å². The molecule has 0 aliphatic carbocycles. The fraction of sp³-hybridized carbons (Fsp3) is 0.417. The number of aromatic nitrogens is 1. The number of nitrogens with zero attached hydrogens (tertiary/aromatic N) is 2. The third-order valence-electron chi connectivity index (χ3n) is 3.01. The van der Waals surface area contributed by atoms with E-state index in [2.05, 4.69) is 30.3 Å². The van der Waals surface area contributed by atoms with Gasteiger partial charge in [-0.15, -0.1) is 0 Å². The van der Waals surface area contributed by atoms with Crippen molar-refractivity contribution in [2.45, 2.75) is 25.9 Å². The maximum absolute atomic E-state index is 11.7. The molecule has 80 valence electrons. The van der Waals surface area contributed by atoms with Crippen molar-refractivity contribution in [1.82, 2.24) is 9.47 Å². The molecule has 0 fully saturated rings. The molecule has 0 saturated carbocycles. The van der Waals surface area contributed by atoms with Crippen LogP contribution in [0.3, 0.4) is 0 Å². The molecule has 3 nitrogen and oxygen atoms in total. The van der Waals surface area contributed by atoms with E-state index >= 15 is 0 Å². The van der Waals surface area contributed by atoms with Crippen LogP contribution in [0.1, 0.15) is 25.1 Å². The van der Waals surface area contributed by atoms with Gasteiger partial charge in [0.2, 0.25) is 5.91 Å². The van der Waals surface area contributed by atoms with Crippen molar-refractivity contribution >= 4 is 5.91 Å². The summed E-state index contributed by atoms with van der Waals surface area (Å²) in [6.45, 7) is 7.33. The van der Waals surface area contributed by atoms with Crippen molar-refractivity contribution in [2.24, 2.45) is 0 Å². The Balaban J connectivity index is 2.32. The molecule has 0 bridgehead atoms. The highest BCUT2D eigenvalue weighted by Crippen LogP contribution is 2.28. The molecule has 1 unspecified atom stereocenters. The lowest BCUT2D eigenvalue weighted by atomic mass is 10.1. The highest BCUT2D eigenvalue weighted by Gasteiger charge is 2.27. The van der Waals surface area contributed by atoms with E-state index in [-0.39, 0.29) is 11.9 Å². The van der Waals surface area contributed by atoms with Crippen LogP contribution in [0.25, 0.3) is 0 Å². The maximum Gasteiger partial charge on any atom is 0.246 e. The number of fused-ring (bicyclic) bond motifs is 1. The van der Waals surface area contributed by atoms with E-state index in [9.17, 15) is 4.79 Å². The number of carbonyl (C=O) groups is 1. The highest BCUT2D eigenvalue weighted by atomic mass is 16.2. The van der Waals surface area contributed by atoms with Gasteiger partial charge in [-0.1, -0.05) is 13.5 Å². The van der Waals surface area contributed by atoms with Crippen LogP contribution in [-0.2, 0) is 11.3 Å². The Morgan fingerprint density at radius 1 is 1.67 bits per heavy atom. The minimum Gasteiger partial charge on any atom is -0.348 e. The smallest absolute Gasteiger partial charge is 0.246 e. The van der Waals surface area contributed by atoms with Crippen molar-refractivity contribution in [3.05, 3.63) is 36.7 Å². The average Bonchev–Trinajstić information content (AvgIpc) is 2.74. The van der Waals surface area contributed by atoms with Crippen molar-refractivity contribution < 1.29 is 4.79 Å². The quantitative estimate of drug-likeness (QED) is 0.676. The molecule has 0 radical (unpaired) electrons. The van der Waals surface area contributed by atoms with Gasteiger partial charge >= 0.3 is 0 Å². The van der Waals surface area contributed by atoms with Crippen LogP contribution < -0.4 is 0 Å². The van der Waals surface area contributed by atoms with Gasteiger partial charge in [-0.3, -0.25) is 4.79 Å². The SMILES string of the molecule is C=CC(=O)N1CCn2cccc2C1CC. The van der Waals surface area contributed by atoms with Gasteiger partial charge in [0.15, 0.2) is 0 Å².